The number of carbonyl (C=O) groups is 2. The molecular formula is C19H23N5O4. The maximum atomic E-state index is 12.9. The predicted molar refractivity (Wildman–Crippen MR) is 98.6 cm³/mol. The Morgan fingerprint density at radius 3 is 2.32 bits per heavy atom. The fourth-order valence-electron chi connectivity index (χ4n) is 3.62. The van der Waals surface area contributed by atoms with Gasteiger partial charge in [-0.15, -0.1) is 0 Å². The molecule has 2 saturated heterocycles. The van der Waals surface area contributed by atoms with Gasteiger partial charge in [0, 0.05) is 50.0 Å². The highest BCUT2D eigenvalue weighted by molar-refractivity contribution is 5.94. The van der Waals surface area contributed by atoms with Gasteiger partial charge in [-0.1, -0.05) is 0 Å². The second kappa shape index (κ2) is 7.33. The molecule has 2 aromatic heterocycles. The van der Waals surface area contributed by atoms with Gasteiger partial charge in [0.15, 0.2) is 5.82 Å². The summed E-state index contributed by atoms with van der Waals surface area (Å²) >= 11 is 0. The van der Waals surface area contributed by atoms with Gasteiger partial charge in [-0.2, -0.15) is 0 Å². The molecule has 9 heteroatoms. The van der Waals surface area contributed by atoms with E-state index >= 15 is 0 Å². The van der Waals surface area contributed by atoms with Gasteiger partial charge >= 0.3 is 0 Å². The predicted octanol–water partition coefficient (Wildman–Crippen LogP) is 0.465. The van der Waals surface area contributed by atoms with Crippen molar-refractivity contribution in [2.24, 2.45) is 7.05 Å². The van der Waals surface area contributed by atoms with Crippen LogP contribution in [0, 0.1) is 6.92 Å². The Hall–Kier alpha value is -2.78. The topological polar surface area (TPSA) is 89.8 Å². The van der Waals surface area contributed by atoms with Crippen LogP contribution in [0.15, 0.2) is 30.7 Å². The smallest absolute Gasteiger partial charge is 0.290 e. The quantitative estimate of drug-likeness (QED) is 0.746. The molecule has 148 valence electrons. The number of hydrogen-bond acceptors (Lipinski definition) is 6. The number of morpholine rings is 2. The molecule has 2 amide bonds. The van der Waals surface area contributed by atoms with Crippen molar-refractivity contribution in [1.82, 2.24) is 24.3 Å². The van der Waals surface area contributed by atoms with E-state index in [1.54, 1.807) is 52.1 Å². The highest BCUT2D eigenvalue weighted by Crippen LogP contribution is 2.26. The summed E-state index contributed by atoms with van der Waals surface area (Å²) in [6, 6.07) is 3.47. The maximum Gasteiger partial charge on any atom is 0.290 e. The van der Waals surface area contributed by atoms with E-state index in [-0.39, 0.29) is 24.9 Å². The third-order valence-electron chi connectivity index (χ3n) is 5.05. The van der Waals surface area contributed by atoms with Crippen molar-refractivity contribution in [3.63, 3.8) is 0 Å². The number of nitrogens with zero attached hydrogens (tertiary/aromatic N) is 5. The van der Waals surface area contributed by atoms with E-state index in [4.69, 9.17) is 9.47 Å². The number of carbonyl (C=O) groups excluding carboxylic acids is 2. The molecule has 0 aromatic carbocycles. The van der Waals surface area contributed by atoms with E-state index in [1.165, 1.54) is 0 Å². The number of aryl methyl sites for hydroxylation is 2. The van der Waals surface area contributed by atoms with Crippen LogP contribution in [0.1, 0.15) is 26.7 Å². The minimum atomic E-state index is -1.02. The molecule has 4 heterocycles. The Morgan fingerprint density at radius 2 is 1.71 bits per heavy atom. The van der Waals surface area contributed by atoms with Crippen LogP contribution in [0.2, 0.25) is 0 Å². The van der Waals surface area contributed by atoms with E-state index in [9.17, 15) is 9.59 Å². The fourth-order valence-corrected chi connectivity index (χ4v) is 3.62. The minimum absolute atomic E-state index is 0.0932. The number of amides is 2. The first kappa shape index (κ1) is 18.6. The van der Waals surface area contributed by atoms with E-state index in [0.717, 1.165) is 5.69 Å². The molecule has 2 aromatic rings. The SMILES string of the molecule is Cc1cc(C(=O)N2CCOC3(C2)CN(C(=O)c2nccn2C)CCO3)ccn1. The fraction of sp³-hybridized carbons (Fsp3) is 0.474. The van der Waals surface area contributed by atoms with Gasteiger partial charge < -0.3 is 23.8 Å². The lowest BCUT2D eigenvalue weighted by Crippen LogP contribution is -2.63. The van der Waals surface area contributed by atoms with Crippen LogP contribution < -0.4 is 0 Å². The van der Waals surface area contributed by atoms with Crippen LogP contribution in [0.4, 0.5) is 0 Å². The highest BCUT2D eigenvalue weighted by Gasteiger charge is 2.45. The molecule has 4 rings (SSSR count). The van der Waals surface area contributed by atoms with Crippen LogP contribution >= 0.6 is 0 Å². The first-order valence-corrected chi connectivity index (χ1v) is 9.24. The van der Waals surface area contributed by atoms with Gasteiger partial charge in [0.2, 0.25) is 5.79 Å². The van der Waals surface area contributed by atoms with Gasteiger partial charge in [-0.3, -0.25) is 14.6 Å². The van der Waals surface area contributed by atoms with E-state index in [0.29, 0.717) is 37.7 Å². The van der Waals surface area contributed by atoms with Crippen LogP contribution in [-0.2, 0) is 16.5 Å². The van der Waals surface area contributed by atoms with Crippen LogP contribution in [-0.4, -0.2) is 81.3 Å². The Morgan fingerprint density at radius 1 is 1.04 bits per heavy atom. The first-order valence-electron chi connectivity index (χ1n) is 9.24. The summed E-state index contributed by atoms with van der Waals surface area (Å²) in [5.41, 5.74) is 1.37. The van der Waals surface area contributed by atoms with Crippen molar-refractivity contribution in [2.45, 2.75) is 12.7 Å². The average molecular weight is 385 g/mol. The van der Waals surface area contributed by atoms with Crippen molar-refractivity contribution in [3.05, 3.63) is 47.8 Å². The molecular weight excluding hydrogens is 362 g/mol. The molecule has 2 fully saturated rings. The largest absolute Gasteiger partial charge is 0.345 e. The maximum absolute atomic E-state index is 12.9. The summed E-state index contributed by atoms with van der Waals surface area (Å²) in [6.45, 7) is 3.97. The second-order valence-electron chi connectivity index (χ2n) is 7.11. The van der Waals surface area contributed by atoms with Gasteiger partial charge in [-0.05, 0) is 19.1 Å². The molecule has 0 saturated carbocycles. The van der Waals surface area contributed by atoms with Crippen molar-refractivity contribution in [2.75, 3.05) is 39.4 Å². The van der Waals surface area contributed by atoms with Crippen molar-refractivity contribution in [3.8, 4) is 0 Å². The Kier molecular flexibility index (Phi) is 4.86. The molecule has 1 spiro atoms. The lowest BCUT2D eigenvalue weighted by atomic mass is 10.1. The van der Waals surface area contributed by atoms with Crippen LogP contribution in [0.3, 0.4) is 0 Å². The Balaban J connectivity index is 1.50. The highest BCUT2D eigenvalue weighted by atomic mass is 16.7. The zero-order chi connectivity index (χ0) is 19.7. The Bertz CT molecular complexity index is 894. The monoisotopic (exact) mass is 385 g/mol. The summed E-state index contributed by atoms with van der Waals surface area (Å²) in [6.07, 6.45) is 4.96. The van der Waals surface area contributed by atoms with Gasteiger partial charge in [0.05, 0.1) is 26.3 Å². The van der Waals surface area contributed by atoms with E-state index < -0.39 is 5.79 Å². The normalized spacial score (nSPS) is 22.5. The van der Waals surface area contributed by atoms with E-state index in [1.807, 2.05) is 6.92 Å². The van der Waals surface area contributed by atoms with Crippen molar-refractivity contribution >= 4 is 11.8 Å². The molecule has 0 aliphatic carbocycles. The third kappa shape index (κ3) is 3.50. The summed E-state index contributed by atoms with van der Waals surface area (Å²) in [4.78, 5) is 37.4. The lowest BCUT2D eigenvalue weighted by molar-refractivity contribution is -0.282. The van der Waals surface area contributed by atoms with E-state index in [2.05, 4.69) is 9.97 Å². The minimum Gasteiger partial charge on any atom is -0.345 e. The average Bonchev–Trinajstić information content (AvgIpc) is 3.13. The third-order valence-corrected chi connectivity index (χ3v) is 5.05. The molecule has 28 heavy (non-hydrogen) atoms. The van der Waals surface area contributed by atoms with Crippen LogP contribution in [0.25, 0.3) is 0 Å². The molecule has 2 aliphatic heterocycles. The molecule has 1 atom stereocenters. The van der Waals surface area contributed by atoms with Gasteiger partial charge in [0.25, 0.3) is 11.8 Å². The number of imidazole rings is 1. The molecule has 9 nitrogen and oxygen atoms in total. The van der Waals surface area contributed by atoms with Crippen molar-refractivity contribution in [1.29, 1.82) is 0 Å². The number of ether oxygens (including phenoxy) is 2. The molecule has 2 aliphatic rings. The van der Waals surface area contributed by atoms with Crippen molar-refractivity contribution < 1.29 is 19.1 Å². The number of rotatable bonds is 2. The molecule has 0 radical (unpaired) electrons. The molecule has 0 bridgehead atoms. The molecule has 1 unspecified atom stereocenters. The van der Waals surface area contributed by atoms with Crippen LogP contribution in [0.5, 0.6) is 0 Å². The van der Waals surface area contributed by atoms with Gasteiger partial charge in [0.1, 0.15) is 0 Å². The standard InChI is InChI=1S/C19H23N5O4/c1-14-11-15(3-4-20-14)17(25)23-7-9-27-19(12-23)13-24(8-10-28-19)18(26)16-21-5-6-22(16)2/h3-6,11H,7-10,12-13H2,1-2H3. The number of aromatic nitrogens is 3. The summed E-state index contributed by atoms with van der Waals surface area (Å²) < 4.78 is 13.5. The number of hydrogen-bond donors (Lipinski definition) is 0. The number of pyridine rings is 1. The zero-order valence-electron chi connectivity index (χ0n) is 16.0. The summed E-state index contributed by atoms with van der Waals surface area (Å²) in [5, 5.41) is 0. The summed E-state index contributed by atoms with van der Waals surface area (Å²) in [5.74, 6) is -0.918. The summed E-state index contributed by atoms with van der Waals surface area (Å²) in [7, 11) is 1.78. The lowest BCUT2D eigenvalue weighted by Gasteiger charge is -2.47. The zero-order valence-corrected chi connectivity index (χ0v) is 16.0. The molecule has 0 N–H and O–H groups in total. The van der Waals surface area contributed by atoms with Gasteiger partial charge in [-0.25, -0.2) is 4.98 Å². The second-order valence-corrected chi connectivity index (χ2v) is 7.11. The Labute approximate surface area is 162 Å². The first-order chi connectivity index (χ1) is 13.5.